The Labute approximate surface area is 125 Å². The number of hydrogen-bond acceptors (Lipinski definition) is 3. The van der Waals surface area contributed by atoms with E-state index in [1.165, 1.54) is 28.2 Å². The summed E-state index contributed by atoms with van der Waals surface area (Å²) in [4.78, 5) is 11.4. The van der Waals surface area contributed by atoms with E-state index in [0.29, 0.717) is 6.61 Å². The number of anilines is 1. The SMILES string of the molecule is CCOC(=O)C=C(C)Nc1ccc2c(C)c(C)n(C)c2c1. The molecule has 4 heteroatoms. The first-order chi connectivity index (χ1) is 9.93. The van der Waals surface area contributed by atoms with Crippen molar-refractivity contribution in [3.63, 3.8) is 0 Å². The lowest BCUT2D eigenvalue weighted by atomic mass is 10.1. The van der Waals surface area contributed by atoms with Crippen LogP contribution in [0.15, 0.2) is 30.0 Å². The lowest BCUT2D eigenvalue weighted by Gasteiger charge is -2.08. The summed E-state index contributed by atoms with van der Waals surface area (Å²) in [5.41, 5.74) is 5.47. The molecule has 1 aromatic heterocycles. The largest absolute Gasteiger partial charge is 0.463 e. The van der Waals surface area contributed by atoms with Crippen molar-refractivity contribution < 1.29 is 9.53 Å². The van der Waals surface area contributed by atoms with Gasteiger partial charge in [-0.15, -0.1) is 0 Å². The van der Waals surface area contributed by atoms with Crippen molar-refractivity contribution in [3.8, 4) is 0 Å². The molecule has 21 heavy (non-hydrogen) atoms. The van der Waals surface area contributed by atoms with Gasteiger partial charge >= 0.3 is 5.97 Å². The molecule has 1 aromatic carbocycles. The van der Waals surface area contributed by atoms with Crippen LogP contribution < -0.4 is 5.32 Å². The van der Waals surface area contributed by atoms with Gasteiger partial charge in [0.25, 0.3) is 0 Å². The van der Waals surface area contributed by atoms with Crippen molar-refractivity contribution in [3.05, 3.63) is 41.2 Å². The van der Waals surface area contributed by atoms with E-state index in [-0.39, 0.29) is 5.97 Å². The first-order valence-corrected chi connectivity index (χ1v) is 7.11. The van der Waals surface area contributed by atoms with Crippen LogP contribution in [0.25, 0.3) is 10.9 Å². The molecule has 0 aliphatic rings. The van der Waals surface area contributed by atoms with E-state index in [4.69, 9.17) is 4.74 Å². The Morgan fingerprint density at radius 2 is 2.10 bits per heavy atom. The Bertz CT molecular complexity index is 711. The predicted molar refractivity (Wildman–Crippen MR) is 86.4 cm³/mol. The summed E-state index contributed by atoms with van der Waals surface area (Å²) >= 11 is 0. The Morgan fingerprint density at radius 3 is 2.76 bits per heavy atom. The second-order valence-electron chi connectivity index (χ2n) is 5.21. The molecule has 4 nitrogen and oxygen atoms in total. The van der Waals surface area contributed by atoms with Crippen molar-refractivity contribution in [1.82, 2.24) is 4.57 Å². The quantitative estimate of drug-likeness (QED) is 0.689. The number of carbonyl (C=O) groups excluding carboxylic acids is 1. The molecule has 0 amide bonds. The number of nitrogens with zero attached hydrogens (tertiary/aromatic N) is 1. The molecule has 0 aliphatic heterocycles. The summed E-state index contributed by atoms with van der Waals surface area (Å²) in [6, 6.07) is 6.23. The molecule has 0 unspecified atom stereocenters. The van der Waals surface area contributed by atoms with Crippen LogP contribution in [0.1, 0.15) is 25.1 Å². The van der Waals surface area contributed by atoms with E-state index in [9.17, 15) is 4.79 Å². The van der Waals surface area contributed by atoms with Crippen LogP contribution in [-0.4, -0.2) is 17.1 Å². The smallest absolute Gasteiger partial charge is 0.332 e. The van der Waals surface area contributed by atoms with Crippen molar-refractivity contribution in [2.24, 2.45) is 7.05 Å². The lowest BCUT2D eigenvalue weighted by Crippen LogP contribution is -2.04. The number of aromatic nitrogens is 1. The van der Waals surface area contributed by atoms with Gasteiger partial charge in [0.2, 0.25) is 0 Å². The molecule has 0 spiro atoms. The number of nitrogens with one attached hydrogen (secondary N) is 1. The highest BCUT2D eigenvalue weighted by Gasteiger charge is 2.08. The maximum Gasteiger partial charge on any atom is 0.332 e. The fourth-order valence-electron chi connectivity index (χ4n) is 2.46. The molecule has 0 saturated heterocycles. The molecule has 0 radical (unpaired) electrons. The summed E-state index contributed by atoms with van der Waals surface area (Å²) < 4.78 is 7.08. The van der Waals surface area contributed by atoms with Gasteiger partial charge in [0.15, 0.2) is 0 Å². The number of esters is 1. The second kappa shape index (κ2) is 6.04. The Hall–Kier alpha value is -2.23. The first kappa shape index (κ1) is 15.2. The minimum atomic E-state index is -0.325. The monoisotopic (exact) mass is 286 g/mol. The standard InChI is InChI=1S/C17H22N2O2/c1-6-21-17(20)9-11(2)18-14-7-8-15-12(3)13(4)19(5)16(15)10-14/h7-10,18H,6H2,1-5H3. The molecule has 2 aromatic rings. The van der Waals surface area contributed by atoms with Crippen molar-refractivity contribution in [2.45, 2.75) is 27.7 Å². The normalized spacial score (nSPS) is 11.8. The highest BCUT2D eigenvalue weighted by molar-refractivity contribution is 5.88. The topological polar surface area (TPSA) is 43.3 Å². The molecule has 1 heterocycles. The second-order valence-corrected chi connectivity index (χ2v) is 5.21. The molecule has 112 valence electrons. The number of carbonyl (C=O) groups is 1. The van der Waals surface area contributed by atoms with E-state index in [2.05, 4.69) is 42.9 Å². The summed E-state index contributed by atoms with van der Waals surface area (Å²) in [6.07, 6.45) is 1.47. The number of ether oxygens (including phenoxy) is 1. The van der Waals surface area contributed by atoms with E-state index in [1.807, 2.05) is 13.0 Å². The molecule has 2 rings (SSSR count). The fraction of sp³-hybridized carbons (Fsp3) is 0.353. The van der Waals surface area contributed by atoms with E-state index >= 15 is 0 Å². The molecular formula is C17H22N2O2. The summed E-state index contributed by atoms with van der Waals surface area (Å²) in [6.45, 7) is 8.28. The van der Waals surface area contributed by atoms with Crippen LogP contribution >= 0.6 is 0 Å². The number of benzene rings is 1. The first-order valence-electron chi connectivity index (χ1n) is 7.11. The maximum atomic E-state index is 11.4. The van der Waals surface area contributed by atoms with Crippen molar-refractivity contribution in [1.29, 1.82) is 0 Å². The van der Waals surface area contributed by atoms with Crippen molar-refractivity contribution >= 4 is 22.6 Å². The van der Waals surface area contributed by atoms with E-state index < -0.39 is 0 Å². The van der Waals surface area contributed by atoms with Crippen LogP contribution in [0.5, 0.6) is 0 Å². The number of aryl methyl sites for hydroxylation is 2. The van der Waals surface area contributed by atoms with Crippen LogP contribution in [0.2, 0.25) is 0 Å². The van der Waals surface area contributed by atoms with E-state index in [1.54, 1.807) is 6.92 Å². The predicted octanol–water partition coefficient (Wildman–Crippen LogP) is 3.67. The minimum Gasteiger partial charge on any atom is -0.463 e. The lowest BCUT2D eigenvalue weighted by molar-refractivity contribution is -0.137. The highest BCUT2D eigenvalue weighted by atomic mass is 16.5. The Kier molecular flexibility index (Phi) is 4.36. The molecule has 0 atom stereocenters. The van der Waals surface area contributed by atoms with Gasteiger partial charge in [-0.1, -0.05) is 6.07 Å². The molecule has 0 saturated carbocycles. The zero-order chi connectivity index (χ0) is 15.6. The summed E-state index contributed by atoms with van der Waals surface area (Å²) in [5.74, 6) is -0.325. The van der Waals surface area contributed by atoms with Crippen LogP contribution in [0, 0.1) is 13.8 Å². The van der Waals surface area contributed by atoms with Gasteiger partial charge < -0.3 is 14.6 Å². The third-order valence-corrected chi connectivity index (χ3v) is 3.77. The third-order valence-electron chi connectivity index (χ3n) is 3.77. The van der Waals surface area contributed by atoms with Gasteiger partial charge in [-0.2, -0.15) is 0 Å². The average Bonchev–Trinajstić information content (AvgIpc) is 2.64. The van der Waals surface area contributed by atoms with Crippen LogP contribution in [0.4, 0.5) is 5.69 Å². The number of fused-ring (bicyclic) bond motifs is 1. The van der Waals surface area contributed by atoms with E-state index in [0.717, 1.165) is 11.4 Å². The number of hydrogen-bond donors (Lipinski definition) is 1. The Morgan fingerprint density at radius 1 is 1.38 bits per heavy atom. The molecule has 1 N–H and O–H groups in total. The summed E-state index contributed by atoms with van der Waals surface area (Å²) in [7, 11) is 2.07. The van der Waals surface area contributed by atoms with Crippen LogP contribution in [0.3, 0.4) is 0 Å². The van der Waals surface area contributed by atoms with Gasteiger partial charge in [0.05, 0.1) is 12.1 Å². The zero-order valence-electron chi connectivity index (χ0n) is 13.3. The summed E-state index contributed by atoms with van der Waals surface area (Å²) in [5, 5.41) is 4.48. The molecule has 0 fully saturated rings. The Balaban J connectivity index is 2.28. The minimum absolute atomic E-state index is 0.325. The van der Waals surface area contributed by atoms with Gasteiger partial charge in [0.1, 0.15) is 0 Å². The van der Waals surface area contributed by atoms with Crippen LogP contribution in [-0.2, 0) is 16.6 Å². The molecule has 0 aliphatic carbocycles. The zero-order valence-corrected chi connectivity index (χ0v) is 13.3. The maximum absolute atomic E-state index is 11.4. The third kappa shape index (κ3) is 3.10. The number of allylic oxidation sites excluding steroid dienone is 1. The fourth-order valence-corrected chi connectivity index (χ4v) is 2.46. The van der Waals surface area contributed by atoms with Gasteiger partial charge in [-0.25, -0.2) is 4.79 Å². The molecular weight excluding hydrogens is 264 g/mol. The van der Waals surface area contributed by atoms with Crippen molar-refractivity contribution in [2.75, 3.05) is 11.9 Å². The number of rotatable bonds is 4. The average molecular weight is 286 g/mol. The van der Waals surface area contributed by atoms with Gasteiger partial charge in [-0.05, 0) is 45.4 Å². The van der Waals surface area contributed by atoms with Gasteiger partial charge in [0, 0.05) is 35.6 Å². The molecule has 0 bridgehead atoms. The highest BCUT2D eigenvalue weighted by Crippen LogP contribution is 2.27. The van der Waals surface area contributed by atoms with Gasteiger partial charge in [-0.3, -0.25) is 0 Å².